The fraction of sp³-hybridized carbons (Fsp3) is 0.556. The van der Waals surface area contributed by atoms with Gasteiger partial charge in [0.25, 0.3) is 0 Å². The van der Waals surface area contributed by atoms with E-state index in [1.165, 1.54) is 55.7 Å². The first-order valence-corrected chi connectivity index (χ1v) is 12.6. The molecule has 0 saturated carbocycles. The Morgan fingerprint density at radius 3 is 2.36 bits per heavy atom. The molecule has 1 aromatic carbocycles. The second-order valence-electron chi connectivity index (χ2n) is 8.88. The zero-order valence-electron chi connectivity index (χ0n) is 20.5. The number of hydrogen-bond acceptors (Lipinski definition) is 5. The first kappa shape index (κ1) is 25.3. The number of nitrogens with one attached hydrogen (secondary N) is 1. The number of aliphatic imine (C=N–C) groups is 1. The Morgan fingerprint density at radius 2 is 1.70 bits per heavy atom. The van der Waals surface area contributed by atoms with Crippen LogP contribution in [0.4, 0.5) is 0 Å². The van der Waals surface area contributed by atoms with Crippen LogP contribution in [0.5, 0.6) is 0 Å². The lowest BCUT2D eigenvalue weighted by Gasteiger charge is -2.21. The highest BCUT2D eigenvalue weighted by atomic mass is 16.5. The van der Waals surface area contributed by atoms with E-state index in [2.05, 4.69) is 68.9 Å². The van der Waals surface area contributed by atoms with Crippen LogP contribution >= 0.6 is 0 Å². The quantitative estimate of drug-likeness (QED) is 0.336. The standard InChI is InChI=1S/C27H41N5O/c1-3-16-31(17-4-2)18-5-6-19-33-23-25-11-9-24(10-12-25)20-32(21-26-8-7-13-28-26)22-27-29-14-15-30-27/h7,9-15H,3-6,8,16-23H2,1-2H3,(H,29,30). The molecular formula is C27H41N5O. The number of ether oxygens (including phenoxy) is 1. The SMILES string of the molecule is CCCN(CCC)CCCCOCc1ccc(CN(CC2=NC=CC2)Cc2ncc[nH]2)cc1. The van der Waals surface area contributed by atoms with Crippen molar-refractivity contribution in [1.29, 1.82) is 0 Å². The van der Waals surface area contributed by atoms with Crippen LogP contribution in [0.15, 0.2) is 53.9 Å². The van der Waals surface area contributed by atoms with E-state index in [9.17, 15) is 0 Å². The molecule has 180 valence electrons. The highest BCUT2D eigenvalue weighted by molar-refractivity contribution is 5.89. The highest BCUT2D eigenvalue weighted by Crippen LogP contribution is 2.13. The van der Waals surface area contributed by atoms with Crippen LogP contribution in [-0.2, 0) is 24.4 Å². The van der Waals surface area contributed by atoms with Crippen molar-refractivity contribution < 1.29 is 4.74 Å². The van der Waals surface area contributed by atoms with Gasteiger partial charge in [-0.05, 0) is 56.4 Å². The summed E-state index contributed by atoms with van der Waals surface area (Å²) in [5.41, 5.74) is 3.74. The Morgan fingerprint density at radius 1 is 0.909 bits per heavy atom. The predicted molar refractivity (Wildman–Crippen MR) is 136 cm³/mol. The van der Waals surface area contributed by atoms with E-state index in [-0.39, 0.29) is 0 Å². The summed E-state index contributed by atoms with van der Waals surface area (Å²) in [6.45, 7) is 12.2. The number of nitrogens with zero attached hydrogens (tertiary/aromatic N) is 4. The monoisotopic (exact) mass is 451 g/mol. The van der Waals surface area contributed by atoms with E-state index in [4.69, 9.17) is 4.74 Å². The number of benzene rings is 1. The summed E-state index contributed by atoms with van der Waals surface area (Å²) >= 11 is 0. The van der Waals surface area contributed by atoms with E-state index < -0.39 is 0 Å². The lowest BCUT2D eigenvalue weighted by Crippen LogP contribution is -2.29. The first-order chi connectivity index (χ1) is 16.3. The number of hydrogen-bond donors (Lipinski definition) is 1. The van der Waals surface area contributed by atoms with Crippen LogP contribution in [0.2, 0.25) is 0 Å². The molecule has 0 saturated heterocycles. The van der Waals surface area contributed by atoms with Gasteiger partial charge in [0.2, 0.25) is 0 Å². The smallest absolute Gasteiger partial charge is 0.120 e. The predicted octanol–water partition coefficient (Wildman–Crippen LogP) is 5.19. The van der Waals surface area contributed by atoms with Gasteiger partial charge in [0.15, 0.2) is 0 Å². The molecule has 6 heteroatoms. The molecule has 2 heterocycles. The molecule has 1 aromatic heterocycles. The molecule has 0 atom stereocenters. The summed E-state index contributed by atoms with van der Waals surface area (Å²) in [6.07, 6.45) is 13.5. The topological polar surface area (TPSA) is 56.8 Å². The van der Waals surface area contributed by atoms with Crippen LogP contribution in [0.3, 0.4) is 0 Å². The second kappa shape index (κ2) is 14.8. The lowest BCUT2D eigenvalue weighted by molar-refractivity contribution is 0.114. The van der Waals surface area contributed by atoms with E-state index >= 15 is 0 Å². The molecule has 3 rings (SSSR count). The number of rotatable bonds is 17. The molecule has 0 radical (unpaired) electrons. The Labute approximate surface area is 199 Å². The van der Waals surface area contributed by atoms with Crippen molar-refractivity contribution in [1.82, 2.24) is 19.8 Å². The van der Waals surface area contributed by atoms with Crippen LogP contribution < -0.4 is 0 Å². The third-order valence-electron chi connectivity index (χ3n) is 5.84. The molecule has 6 nitrogen and oxygen atoms in total. The molecule has 0 unspecified atom stereocenters. The minimum atomic E-state index is 0.687. The van der Waals surface area contributed by atoms with Crippen molar-refractivity contribution in [3.8, 4) is 0 Å². The average Bonchev–Trinajstić information content (AvgIpc) is 3.52. The molecule has 2 aromatic rings. The van der Waals surface area contributed by atoms with Crippen molar-refractivity contribution in [2.45, 2.75) is 65.6 Å². The Bertz CT molecular complexity index is 823. The van der Waals surface area contributed by atoms with Crippen molar-refractivity contribution in [2.24, 2.45) is 4.99 Å². The Balaban J connectivity index is 1.39. The van der Waals surface area contributed by atoms with Gasteiger partial charge in [0, 0.05) is 50.4 Å². The van der Waals surface area contributed by atoms with Crippen LogP contribution in [0, 0.1) is 0 Å². The van der Waals surface area contributed by atoms with Crippen molar-refractivity contribution >= 4 is 5.71 Å². The van der Waals surface area contributed by atoms with E-state index in [1.54, 1.807) is 0 Å². The third-order valence-corrected chi connectivity index (χ3v) is 5.84. The highest BCUT2D eigenvalue weighted by Gasteiger charge is 2.13. The largest absolute Gasteiger partial charge is 0.377 e. The number of allylic oxidation sites excluding steroid dienone is 1. The zero-order valence-corrected chi connectivity index (χ0v) is 20.5. The fourth-order valence-corrected chi connectivity index (χ4v) is 4.22. The van der Waals surface area contributed by atoms with Crippen LogP contribution in [0.1, 0.15) is 62.9 Å². The number of unbranched alkanes of at least 4 members (excludes halogenated alkanes) is 1. The zero-order chi connectivity index (χ0) is 23.1. The van der Waals surface area contributed by atoms with Crippen LogP contribution in [0.25, 0.3) is 0 Å². The molecule has 1 N–H and O–H groups in total. The molecule has 1 aliphatic rings. The van der Waals surface area contributed by atoms with Crippen molar-refractivity contribution in [3.05, 3.63) is 65.9 Å². The summed E-state index contributed by atoms with van der Waals surface area (Å²) in [6, 6.07) is 8.82. The summed E-state index contributed by atoms with van der Waals surface area (Å²) in [5.74, 6) is 0.985. The maximum Gasteiger partial charge on any atom is 0.120 e. The number of H-pyrrole nitrogens is 1. The number of aromatic nitrogens is 2. The van der Waals surface area contributed by atoms with Gasteiger partial charge in [-0.3, -0.25) is 9.89 Å². The van der Waals surface area contributed by atoms with E-state index in [0.29, 0.717) is 6.61 Å². The van der Waals surface area contributed by atoms with E-state index in [0.717, 1.165) is 44.9 Å². The normalized spacial score (nSPS) is 13.4. The molecule has 0 bridgehead atoms. The minimum absolute atomic E-state index is 0.687. The number of imidazole rings is 1. The summed E-state index contributed by atoms with van der Waals surface area (Å²) in [7, 11) is 0. The first-order valence-electron chi connectivity index (χ1n) is 12.6. The van der Waals surface area contributed by atoms with Gasteiger partial charge in [-0.1, -0.05) is 44.2 Å². The van der Waals surface area contributed by atoms with Gasteiger partial charge in [0.05, 0.1) is 13.2 Å². The molecule has 1 aliphatic heterocycles. The van der Waals surface area contributed by atoms with Crippen molar-refractivity contribution in [3.63, 3.8) is 0 Å². The second-order valence-corrected chi connectivity index (χ2v) is 8.88. The Hall–Kier alpha value is -2.28. The molecular weight excluding hydrogens is 410 g/mol. The van der Waals surface area contributed by atoms with Gasteiger partial charge >= 0.3 is 0 Å². The van der Waals surface area contributed by atoms with Gasteiger partial charge in [-0.15, -0.1) is 0 Å². The van der Waals surface area contributed by atoms with Crippen LogP contribution in [-0.4, -0.2) is 58.3 Å². The number of aromatic amines is 1. The average molecular weight is 452 g/mol. The molecule has 0 fully saturated rings. The summed E-state index contributed by atoms with van der Waals surface area (Å²) in [5, 5.41) is 0. The maximum atomic E-state index is 5.94. The fourth-order valence-electron chi connectivity index (χ4n) is 4.22. The van der Waals surface area contributed by atoms with Crippen molar-refractivity contribution in [2.75, 3.05) is 32.8 Å². The van der Waals surface area contributed by atoms with Gasteiger partial charge in [-0.2, -0.15) is 0 Å². The maximum absolute atomic E-state index is 5.94. The van der Waals surface area contributed by atoms with E-state index in [1.807, 2.05) is 18.6 Å². The Kier molecular flexibility index (Phi) is 11.4. The lowest BCUT2D eigenvalue weighted by atomic mass is 10.1. The molecule has 0 amide bonds. The molecule has 0 spiro atoms. The molecule has 33 heavy (non-hydrogen) atoms. The summed E-state index contributed by atoms with van der Waals surface area (Å²) < 4.78 is 5.94. The molecule has 0 aliphatic carbocycles. The van der Waals surface area contributed by atoms with Gasteiger partial charge in [0.1, 0.15) is 5.82 Å². The van der Waals surface area contributed by atoms with Gasteiger partial charge < -0.3 is 14.6 Å². The summed E-state index contributed by atoms with van der Waals surface area (Å²) in [4.78, 5) is 17.1. The minimum Gasteiger partial charge on any atom is -0.377 e. The van der Waals surface area contributed by atoms with Gasteiger partial charge in [-0.25, -0.2) is 4.98 Å². The third kappa shape index (κ3) is 9.62.